The second-order valence-electron chi connectivity index (χ2n) is 5.50. The lowest BCUT2D eigenvalue weighted by molar-refractivity contribution is -0.0171. The molecule has 1 heteroatoms. The molecular weight excluding hydrogens is 163 g/mol. The summed E-state index contributed by atoms with van der Waals surface area (Å²) in [7, 11) is 0. The highest BCUT2D eigenvalue weighted by atomic mass is 19.1. The van der Waals surface area contributed by atoms with Crippen LogP contribution in [0.4, 0.5) is 4.39 Å². The monoisotopic (exact) mass is 184 g/mol. The van der Waals surface area contributed by atoms with Crippen molar-refractivity contribution in [3.8, 4) is 0 Å². The van der Waals surface area contributed by atoms with Crippen molar-refractivity contribution in [2.24, 2.45) is 29.6 Å². The van der Waals surface area contributed by atoms with Crippen molar-refractivity contribution < 1.29 is 4.39 Å². The van der Waals surface area contributed by atoms with Crippen LogP contribution in [0.15, 0.2) is 0 Å². The van der Waals surface area contributed by atoms with Gasteiger partial charge in [0.15, 0.2) is 0 Å². The zero-order valence-corrected chi connectivity index (χ0v) is 8.96. The molecule has 13 heavy (non-hydrogen) atoms. The first kappa shape index (κ1) is 9.48. The third-order valence-corrected chi connectivity index (χ3v) is 4.54. The van der Waals surface area contributed by atoms with Crippen molar-refractivity contribution in [2.45, 2.75) is 46.2 Å². The maximum Gasteiger partial charge on any atom is 0.106 e. The number of hydrogen-bond donors (Lipinski definition) is 0. The van der Waals surface area contributed by atoms with Crippen molar-refractivity contribution in [1.29, 1.82) is 0 Å². The first-order valence-electron chi connectivity index (χ1n) is 5.73. The maximum atomic E-state index is 13.9. The molecule has 2 fully saturated rings. The highest BCUT2D eigenvalue weighted by Crippen LogP contribution is 2.48. The molecule has 0 heterocycles. The molecule has 0 nitrogen and oxygen atoms in total. The molecule has 76 valence electrons. The van der Waals surface area contributed by atoms with Gasteiger partial charge in [0.05, 0.1) is 0 Å². The van der Waals surface area contributed by atoms with Gasteiger partial charge in [-0.15, -0.1) is 0 Å². The molecule has 2 rings (SSSR count). The lowest BCUT2D eigenvalue weighted by Gasteiger charge is -2.47. The molecule has 2 aliphatic carbocycles. The first-order valence-corrected chi connectivity index (χ1v) is 5.73. The van der Waals surface area contributed by atoms with E-state index in [0.717, 1.165) is 24.7 Å². The van der Waals surface area contributed by atoms with Crippen LogP contribution in [0.5, 0.6) is 0 Å². The molecule has 0 aromatic rings. The molecule has 2 bridgehead atoms. The van der Waals surface area contributed by atoms with E-state index in [1.165, 1.54) is 6.42 Å². The van der Waals surface area contributed by atoms with E-state index in [9.17, 15) is 4.39 Å². The minimum Gasteiger partial charge on any atom is -0.247 e. The van der Waals surface area contributed by atoms with E-state index in [-0.39, 0.29) is 0 Å². The molecule has 0 N–H and O–H groups in total. The average molecular weight is 184 g/mol. The van der Waals surface area contributed by atoms with Gasteiger partial charge in [-0.1, -0.05) is 20.8 Å². The van der Waals surface area contributed by atoms with Crippen LogP contribution in [0.25, 0.3) is 0 Å². The van der Waals surface area contributed by atoms with Crippen LogP contribution in [0.3, 0.4) is 0 Å². The Kier molecular flexibility index (Phi) is 2.37. The lowest BCUT2D eigenvalue weighted by atomic mass is 9.60. The summed E-state index contributed by atoms with van der Waals surface area (Å²) in [5.41, 5.74) is 0. The molecule has 6 unspecified atom stereocenters. The van der Waals surface area contributed by atoms with Gasteiger partial charge in [0.1, 0.15) is 6.17 Å². The third kappa shape index (κ3) is 1.51. The Balaban J connectivity index is 2.14. The molecule has 0 aromatic heterocycles. The van der Waals surface area contributed by atoms with Crippen molar-refractivity contribution in [3.63, 3.8) is 0 Å². The number of halogens is 1. The predicted octanol–water partition coefficient (Wildman–Crippen LogP) is 3.66. The molecule has 2 saturated carbocycles. The summed E-state index contributed by atoms with van der Waals surface area (Å²) in [6, 6.07) is 0. The molecule has 6 atom stereocenters. The molecule has 2 aliphatic rings. The van der Waals surface area contributed by atoms with Crippen LogP contribution in [0.2, 0.25) is 0 Å². The largest absolute Gasteiger partial charge is 0.247 e. The van der Waals surface area contributed by atoms with E-state index in [1.54, 1.807) is 0 Å². The highest BCUT2D eigenvalue weighted by Gasteiger charge is 2.43. The normalized spacial score (nSPS) is 56.3. The summed E-state index contributed by atoms with van der Waals surface area (Å²) in [6.45, 7) is 6.63. The highest BCUT2D eigenvalue weighted by molar-refractivity contribution is 4.93. The molecule has 0 radical (unpaired) electrons. The zero-order chi connectivity index (χ0) is 9.59. The average Bonchev–Trinajstić information content (AvgIpc) is 2.08. The maximum absolute atomic E-state index is 13.9. The molecule has 0 aromatic carbocycles. The Morgan fingerprint density at radius 1 is 0.923 bits per heavy atom. The molecular formula is C12H21F. The van der Waals surface area contributed by atoms with Crippen molar-refractivity contribution in [1.82, 2.24) is 0 Å². The fraction of sp³-hybridized carbons (Fsp3) is 1.00. The first-order chi connectivity index (χ1) is 6.09. The van der Waals surface area contributed by atoms with Crippen molar-refractivity contribution >= 4 is 0 Å². The summed E-state index contributed by atoms with van der Waals surface area (Å²) in [4.78, 5) is 0. The van der Waals surface area contributed by atoms with Gasteiger partial charge < -0.3 is 0 Å². The summed E-state index contributed by atoms with van der Waals surface area (Å²) >= 11 is 0. The van der Waals surface area contributed by atoms with Gasteiger partial charge in [0.2, 0.25) is 0 Å². The number of alkyl halides is 1. The Morgan fingerprint density at radius 2 is 1.54 bits per heavy atom. The SMILES string of the molecule is CC1CC2CC(C)C(F)C(C2)C1C. The van der Waals surface area contributed by atoms with E-state index in [2.05, 4.69) is 20.8 Å². The van der Waals surface area contributed by atoms with E-state index in [0.29, 0.717) is 17.8 Å². The predicted molar refractivity (Wildman–Crippen MR) is 53.2 cm³/mol. The lowest BCUT2D eigenvalue weighted by Crippen LogP contribution is -2.43. The Hall–Kier alpha value is -0.0700. The van der Waals surface area contributed by atoms with Gasteiger partial charge in [-0.25, -0.2) is 4.39 Å². The van der Waals surface area contributed by atoms with Crippen LogP contribution in [0, 0.1) is 29.6 Å². The second kappa shape index (κ2) is 3.25. The molecule has 0 saturated heterocycles. The minimum atomic E-state index is -0.519. The smallest absolute Gasteiger partial charge is 0.106 e. The van der Waals surface area contributed by atoms with E-state index in [1.807, 2.05) is 0 Å². The van der Waals surface area contributed by atoms with Gasteiger partial charge >= 0.3 is 0 Å². The topological polar surface area (TPSA) is 0 Å². The Labute approximate surface area is 80.9 Å². The fourth-order valence-electron chi connectivity index (χ4n) is 3.55. The third-order valence-electron chi connectivity index (χ3n) is 4.54. The number of rotatable bonds is 0. The van der Waals surface area contributed by atoms with Crippen LogP contribution in [-0.4, -0.2) is 6.17 Å². The molecule has 0 aliphatic heterocycles. The van der Waals surface area contributed by atoms with Crippen LogP contribution in [-0.2, 0) is 0 Å². The summed E-state index contributed by atoms with van der Waals surface area (Å²) < 4.78 is 13.9. The summed E-state index contributed by atoms with van der Waals surface area (Å²) in [5.74, 6) is 2.87. The molecule has 0 spiro atoms. The standard InChI is InChI=1S/C12H21F/c1-7-4-10-5-8(2)12(13)11(6-10)9(7)3/h7-12H,4-6H2,1-3H3. The van der Waals surface area contributed by atoms with Gasteiger partial charge in [-0.2, -0.15) is 0 Å². The number of fused-ring (bicyclic) bond motifs is 2. The van der Waals surface area contributed by atoms with Crippen LogP contribution < -0.4 is 0 Å². The summed E-state index contributed by atoms with van der Waals surface area (Å²) in [5, 5.41) is 0. The second-order valence-corrected chi connectivity index (χ2v) is 5.50. The Morgan fingerprint density at radius 3 is 2.23 bits per heavy atom. The van der Waals surface area contributed by atoms with E-state index in [4.69, 9.17) is 0 Å². The zero-order valence-electron chi connectivity index (χ0n) is 8.96. The van der Waals surface area contributed by atoms with Gasteiger partial charge in [0, 0.05) is 0 Å². The van der Waals surface area contributed by atoms with E-state index >= 15 is 0 Å². The fourth-order valence-corrected chi connectivity index (χ4v) is 3.55. The quantitative estimate of drug-likeness (QED) is 0.539. The van der Waals surface area contributed by atoms with Crippen LogP contribution >= 0.6 is 0 Å². The Bertz CT molecular complexity index is 172. The number of hydrogen-bond acceptors (Lipinski definition) is 0. The van der Waals surface area contributed by atoms with Crippen LogP contribution in [0.1, 0.15) is 40.0 Å². The van der Waals surface area contributed by atoms with Crippen molar-refractivity contribution in [3.05, 3.63) is 0 Å². The van der Waals surface area contributed by atoms with Gasteiger partial charge in [0.25, 0.3) is 0 Å². The van der Waals surface area contributed by atoms with Crippen molar-refractivity contribution in [2.75, 3.05) is 0 Å². The minimum absolute atomic E-state index is 0.318. The van der Waals surface area contributed by atoms with Gasteiger partial charge in [-0.3, -0.25) is 0 Å². The summed E-state index contributed by atoms with van der Waals surface area (Å²) in [6.07, 6.45) is 3.12. The van der Waals surface area contributed by atoms with E-state index < -0.39 is 6.17 Å². The molecule has 0 amide bonds. The van der Waals surface area contributed by atoms with Gasteiger partial charge in [-0.05, 0) is 48.9 Å².